The second kappa shape index (κ2) is 8.00. The molecule has 0 amide bonds. The molecule has 0 aliphatic carbocycles. The molecule has 0 fully saturated rings. The Bertz CT molecular complexity index is 600. The van der Waals surface area contributed by atoms with Gasteiger partial charge in [0.1, 0.15) is 17.3 Å². The standard InChI is InChI=1S/C20H25FO2/c1-14(5-6-16-7-9-18(21)10-8-16)15(2)17-11-19(22-3)13-20(12-17)23-4/h7-15H,5-6H2,1-4H3/t14-,15+/m1/s1. The third kappa shape index (κ3) is 4.72. The molecule has 2 atom stereocenters. The van der Waals surface area contributed by atoms with Gasteiger partial charge in [-0.25, -0.2) is 4.39 Å². The number of hydrogen-bond donors (Lipinski definition) is 0. The second-order valence-corrected chi connectivity index (χ2v) is 6.08. The summed E-state index contributed by atoms with van der Waals surface area (Å²) in [5.74, 6) is 2.34. The van der Waals surface area contributed by atoms with E-state index in [1.54, 1.807) is 14.2 Å². The monoisotopic (exact) mass is 316 g/mol. The Kier molecular flexibility index (Phi) is 6.03. The highest BCUT2D eigenvalue weighted by Crippen LogP contribution is 2.33. The summed E-state index contributed by atoms with van der Waals surface area (Å²) in [6, 6.07) is 12.8. The maximum absolute atomic E-state index is 13.0. The van der Waals surface area contributed by atoms with Crippen LogP contribution in [0.5, 0.6) is 11.5 Å². The Morgan fingerprint density at radius 1 is 0.913 bits per heavy atom. The van der Waals surface area contributed by atoms with Crippen LogP contribution >= 0.6 is 0 Å². The zero-order valence-electron chi connectivity index (χ0n) is 14.3. The minimum atomic E-state index is -0.182. The molecule has 0 aliphatic rings. The van der Waals surface area contributed by atoms with Crippen molar-refractivity contribution in [2.45, 2.75) is 32.6 Å². The first-order valence-electron chi connectivity index (χ1n) is 8.01. The summed E-state index contributed by atoms with van der Waals surface area (Å²) in [5, 5.41) is 0. The number of ether oxygens (including phenoxy) is 2. The van der Waals surface area contributed by atoms with Crippen molar-refractivity contribution in [2.24, 2.45) is 5.92 Å². The summed E-state index contributed by atoms with van der Waals surface area (Å²) in [5.41, 5.74) is 2.39. The van der Waals surface area contributed by atoms with Gasteiger partial charge in [-0.2, -0.15) is 0 Å². The third-order valence-electron chi connectivity index (χ3n) is 4.55. The number of aryl methyl sites for hydroxylation is 1. The SMILES string of the molecule is COc1cc(OC)cc([C@@H](C)[C@H](C)CCc2ccc(F)cc2)c1. The van der Waals surface area contributed by atoms with Crippen LogP contribution in [0.1, 0.15) is 37.3 Å². The van der Waals surface area contributed by atoms with E-state index in [4.69, 9.17) is 9.47 Å². The van der Waals surface area contributed by atoms with Crippen LogP contribution in [0.4, 0.5) is 4.39 Å². The highest BCUT2D eigenvalue weighted by Gasteiger charge is 2.16. The first-order chi connectivity index (χ1) is 11.0. The van der Waals surface area contributed by atoms with Gasteiger partial charge in [-0.05, 0) is 60.1 Å². The first kappa shape index (κ1) is 17.3. The van der Waals surface area contributed by atoms with Gasteiger partial charge in [-0.15, -0.1) is 0 Å². The van der Waals surface area contributed by atoms with E-state index in [0.29, 0.717) is 11.8 Å². The topological polar surface area (TPSA) is 18.5 Å². The van der Waals surface area contributed by atoms with Crippen molar-refractivity contribution in [2.75, 3.05) is 14.2 Å². The fourth-order valence-corrected chi connectivity index (χ4v) is 2.72. The number of benzene rings is 2. The van der Waals surface area contributed by atoms with Crippen molar-refractivity contribution >= 4 is 0 Å². The summed E-state index contributed by atoms with van der Waals surface area (Å²) < 4.78 is 23.7. The van der Waals surface area contributed by atoms with E-state index in [0.717, 1.165) is 24.3 Å². The molecule has 0 aliphatic heterocycles. The largest absolute Gasteiger partial charge is 0.497 e. The minimum Gasteiger partial charge on any atom is -0.497 e. The number of rotatable bonds is 7. The van der Waals surface area contributed by atoms with Crippen molar-refractivity contribution in [1.82, 2.24) is 0 Å². The molecule has 124 valence electrons. The lowest BCUT2D eigenvalue weighted by Crippen LogP contribution is -2.08. The molecule has 0 saturated carbocycles. The zero-order chi connectivity index (χ0) is 16.8. The fraction of sp³-hybridized carbons (Fsp3) is 0.400. The van der Waals surface area contributed by atoms with E-state index in [2.05, 4.69) is 26.0 Å². The molecular weight excluding hydrogens is 291 g/mol. The first-order valence-corrected chi connectivity index (χ1v) is 8.01. The Morgan fingerprint density at radius 3 is 2.00 bits per heavy atom. The smallest absolute Gasteiger partial charge is 0.123 e. The van der Waals surface area contributed by atoms with E-state index in [1.807, 2.05) is 18.2 Å². The van der Waals surface area contributed by atoms with Crippen molar-refractivity contribution in [3.63, 3.8) is 0 Å². The maximum atomic E-state index is 13.0. The Hall–Kier alpha value is -2.03. The van der Waals surface area contributed by atoms with Gasteiger partial charge in [0.2, 0.25) is 0 Å². The minimum absolute atomic E-state index is 0.182. The number of halogens is 1. The van der Waals surface area contributed by atoms with Gasteiger partial charge in [0.05, 0.1) is 14.2 Å². The van der Waals surface area contributed by atoms with Gasteiger partial charge in [-0.1, -0.05) is 26.0 Å². The molecule has 0 saturated heterocycles. The average Bonchev–Trinajstić information content (AvgIpc) is 2.59. The molecule has 0 bridgehead atoms. The molecule has 0 radical (unpaired) electrons. The lowest BCUT2D eigenvalue weighted by atomic mass is 9.85. The van der Waals surface area contributed by atoms with Crippen LogP contribution in [0.3, 0.4) is 0 Å². The Balaban J connectivity index is 2.03. The predicted molar refractivity (Wildman–Crippen MR) is 91.8 cm³/mol. The van der Waals surface area contributed by atoms with E-state index in [1.165, 1.54) is 23.3 Å². The van der Waals surface area contributed by atoms with Crippen LogP contribution in [0.2, 0.25) is 0 Å². The summed E-state index contributed by atoms with van der Waals surface area (Å²) in [7, 11) is 3.34. The zero-order valence-corrected chi connectivity index (χ0v) is 14.3. The second-order valence-electron chi connectivity index (χ2n) is 6.08. The van der Waals surface area contributed by atoms with Crippen LogP contribution < -0.4 is 9.47 Å². The summed E-state index contributed by atoms with van der Waals surface area (Å²) in [6.45, 7) is 4.48. The molecule has 2 nitrogen and oxygen atoms in total. The number of methoxy groups -OCH3 is 2. The molecular formula is C20H25FO2. The van der Waals surface area contributed by atoms with Crippen molar-refractivity contribution in [1.29, 1.82) is 0 Å². The van der Waals surface area contributed by atoms with E-state index >= 15 is 0 Å². The maximum Gasteiger partial charge on any atom is 0.123 e. The summed E-state index contributed by atoms with van der Waals surface area (Å²) in [4.78, 5) is 0. The van der Waals surface area contributed by atoms with Gasteiger partial charge in [0.25, 0.3) is 0 Å². The molecule has 3 heteroatoms. The molecule has 2 rings (SSSR count). The van der Waals surface area contributed by atoms with Gasteiger partial charge >= 0.3 is 0 Å². The predicted octanol–water partition coefficient (Wildman–Crippen LogP) is 5.22. The van der Waals surface area contributed by atoms with Crippen LogP contribution in [0.25, 0.3) is 0 Å². The average molecular weight is 316 g/mol. The van der Waals surface area contributed by atoms with Crippen molar-refractivity contribution in [3.8, 4) is 11.5 Å². The van der Waals surface area contributed by atoms with Crippen molar-refractivity contribution in [3.05, 3.63) is 59.4 Å². The van der Waals surface area contributed by atoms with Gasteiger partial charge < -0.3 is 9.47 Å². The van der Waals surface area contributed by atoms with Gasteiger partial charge in [0, 0.05) is 6.07 Å². The molecule has 2 aromatic carbocycles. The molecule has 2 aromatic rings. The molecule has 23 heavy (non-hydrogen) atoms. The Labute approximate surface area is 138 Å². The lowest BCUT2D eigenvalue weighted by Gasteiger charge is -2.21. The van der Waals surface area contributed by atoms with E-state index in [9.17, 15) is 4.39 Å². The quantitative estimate of drug-likeness (QED) is 0.697. The molecule has 0 N–H and O–H groups in total. The van der Waals surface area contributed by atoms with Crippen molar-refractivity contribution < 1.29 is 13.9 Å². The van der Waals surface area contributed by atoms with Crippen LogP contribution in [0.15, 0.2) is 42.5 Å². The van der Waals surface area contributed by atoms with E-state index in [-0.39, 0.29) is 5.82 Å². The molecule has 0 heterocycles. The van der Waals surface area contributed by atoms with Gasteiger partial charge in [0.15, 0.2) is 0 Å². The lowest BCUT2D eigenvalue weighted by molar-refractivity contribution is 0.389. The van der Waals surface area contributed by atoms with Gasteiger partial charge in [-0.3, -0.25) is 0 Å². The third-order valence-corrected chi connectivity index (χ3v) is 4.55. The van der Waals surface area contributed by atoms with Crippen LogP contribution in [-0.2, 0) is 6.42 Å². The molecule has 0 aromatic heterocycles. The highest BCUT2D eigenvalue weighted by molar-refractivity contribution is 5.40. The Morgan fingerprint density at radius 2 is 1.48 bits per heavy atom. The normalized spacial score (nSPS) is 13.4. The summed E-state index contributed by atoms with van der Waals surface area (Å²) in [6.07, 6.45) is 2.00. The van der Waals surface area contributed by atoms with E-state index < -0.39 is 0 Å². The van der Waals surface area contributed by atoms with Crippen LogP contribution in [0, 0.1) is 11.7 Å². The molecule has 0 spiro atoms. The summed E-state index contributed by atoms with van der Waals surface area (Å²) >= 11 is 0. The van der Waals surface area contributed by atoms with Crippen LogP contribution in [-0.4, -0.2) is 14.2 Å². The number of hydrogen-bond acceptors (Lipinski definition) is 2. The highest BCUT2D eigenvalue weighted by atomic mass is 19.1. The fourth-order valence-electron chi connectivity index (χ4n) is 2.72. The molecule has 0 unspecified atom stereocenters.